The Morgan fingerprint density at radius 3 is 2.40 bits per heavy atom. The van der Waals surface area contributed by atoms with E-state index in [-0.39, 0.29) is 0 Å². The van der Waals surface area contributed by atoms with Crippen LogP contribution in [0.1, 0.15) is 13.3 Å². The topological polar surface area (TPSA) is 9.23 Å². The van der Waals surface area contributed by atoms with Crippen LogP contribution in [0.2, 0.25) is 0 Å². The summed E-state index contributed by atoms with van der Waals surface area (Å²) in [4.78, 5) is 0. The molecule has 2 heteroatoms. The van der Waals surface area contributed by atoms with Crippen molar-refractivity contribution in [1.29, 1.82) is 0 Å². The second kappa shape index (κ2) is 4.48. The third-order valence-electron chi connectivity index (χ3n) is 0.266. The first-order valence-electron chi connectivity index (χ1n) is 1.62. The average Bonchev–Trinajstić information content (AvgIpc) is 1.41. The molecule has 0 fully saturated rings. The van der Waals surface area contributed by atoms with Crippen molar-refractivity contribution in [1.82, 2.24) is 0 Å². The second-order valence-electron chi connectivity index (χ2n) is 0.791. The molecule has 0 aliphatic carbocycles. The van der Waals surface area contributed by atoms with Crippen LogP contribution in [-0.4, -0.2) is 6.61 Å². The molecule has 0 aromatic heterocycles. The second-order valence-corrected chi connectivity index (χ2v) is 1.06. The van der Waals surface area contributed by atoms with E-state index >= 15 is 0 Å². The average molecular weight is 123 g/mol. The predicted molar refractivity (Wildman–Crippen MR) is 16.2 cm³/mol. The van der Waals surface area contributed by atoms with Crippen molar-refractivity contribution in [3.8, 4) is 0 Å². The molecule has 0 heterocycles. The molecular formula is C3H7CuO. The Balaban J connectivity index is 2.19. The molecule has 1 nitrogen and oxygen atoms in total. The van der Waals surface area contributed by atoms with Crippen molar-refractivity contribution in [2.45, 2.75) is 13.3 Å². The van der Waals surface area contributed by atoms with Crippen LogP contribution >= 0.6 is 0 Å². The van der Waals surface area contributed by atoms with E-state index in [0.717, 1.165) is 6.42 Å². The molecule has 0 unspecified atom stereocenters. The minimum absolute atomic E-state index is 0.694. The normalized spacial score (nSPS) is 8.60. The maximum atomic E-state index is 4.27. The van der Waals surface area contributed by atoms with Gasteiger partial charge in [-0.25, -0.2) is 0 Å². The molecule has 0 N–H and O–H groups in total. The summed E-state index contributed by atoms with van der Waals surface area (Å²) in [5.74, 6) is 0. The Hall–Kier alpha value is 0.479. The molecule has 0 saturated carbocycles. The van der Waals surface area contributed by atoms with Crippen molar-refractivity contribution < 1.29 is 20.2 Å². The van der Waals surface area contributed by atoms with Crippen LogP contribution in [0.4, 0.5) is 0 Å². The summed E-state index contributed by atoms with van der Waals surface area (Å²) in [5.41, 5.74) is 0. The first-order valence-corrected chi connectivity index (χ1v) is 2.00. The number of hydrogen-bond acceptors (Lipinski definition) is 1. The van der Waals surface area contributed by atoms with Crippen molar-refractivity contribution in [2.24, 2.45) is 0 Å². The van der Waals surface area contributed by atoms with Crippen molar-refractivity contribution in [3.63, 3.8) is 0 Å². The van der Waals surface area contributed by atoms with E-state index in [1.54, 1.807) is 0 Å². The van der Waals surface area contributed by atoms with E-state index in [0.29, 0.717) is 6.61 Å². The molecule has 0 saturated heterocycles. The summed E-state index contributed by atoms with van der Waals surface area (Å²) in [6.07, 6.45) is 1.01. The van der Waals surface area contributed by atoms with Gasteiger partial charge in [0.15, 0.2) is 0 Å². The monoisotopic (exact) mass is 122 g/mol. The van der Waals surface area contributed by atoms with Gasteiger partial charge in [0.25, 0.3) is 0 Å². The third-order valence-corrected chi connectivity index (χ3v) is 0.458. The molecule has 36 valence electrons. The van der Waals surface area contributed by atoms with Crippen LogP contribution in [0.15, 0.2) is 0 Å². The van der Waals surface area contributed by atoms with Gasteiger partial charge in [-0.15, -0.1) is 0 Å². The zero-order valence-electron chi connectivity index (χ0n) is 3.12. The van der Waals surface area contributed by atoms with Gasteiger partial charge in [0.05, 0.1) is 0 Å². The fraction of sp³-hybridized carbons (Fsp3) is 1.00. The molecule has 0 aromatic carbocycles. The molecule has 0 amide bonds. The fourth-order valence-electron chi connectivity index (χ4n) is 0.0615. The van der Waals surface area contributed by atoms with E-state index < -0.39 is 0 Å². The summed E-state index contributed by atoms with van der Waals surface area (Å²) >= 11 is 4.27. The van der Waals surface area contributed by atoms with Gasteiger partial charge in [-0.05, 0) is 0 Å². The van der Waals surface area contributed by atoms with E-state index in [1.807, 2.05) is 6.92 Å². The van der Waals surface area contributed by atoms with Crippen LogP contribution in [0, 0.1) is 0 Å². The van der Waals surface area contributed by atoms with E-state index in [9.17, 15) is 0 Å². The Morgan fingerprint density at radius 1 is 1.80 bits per heavy atom. The quantitative estimate of drug-likeness (QED) is 0.494. The van der Waals surface area contributed by atoms with Gasteiger partial charge in [-0.3, -0.25) is 0 Å². The minimum atomic E-state index is 0.694. The Kier molecular flexibility index (Phi) is 4.91. The summed E-state index contributed by atoms with van der Waals surface area (Å²) in [5, 5.41) is 0. The van der Waals surface area contributed by atoms with Gasteiger partial charge in [0.2, 0.25) is 0 Å². The summed E-state index contributed by atoms with van der Waals surface area (Å²) < 4.78 is 4.25. The van der Waals surface area contributed by atoms with Crippen molar-refractivity contribution in [3.05, 3.63) is 0 Å². The molecular weight excluding hydrogens is 116 g/mol. The molecule has 5 heavy (non-hydrogen) atoms. The Morgan fingerprint density at radius 2 is 2.40 bits per heavy atom. The van der Waals surface area contributed by atoms with Crippen molar-refractivity contribution >= 4 is 0 Å². The molecule has 0 aromatic rings. The van der Waals surface area contributed by atoms with Gasteiger partial charge >= 0.3 is 40.1 Å². The van der Waals surface area contributed by atoms with Gasteiger partial charge in [-0.1, -0.05) is 0 Å². The Labute approximate surface area is 40.8 Å². The van der Waals surface area contributed by atoms with Crippen molar-refractivity contribution in [2.75, 3.05) is 6.61 Å². The standard InChI is InChI=1S/C3H7O.Cu/c1-2-3-4;/h2-3H2,1H3;/q-1;+1. The third kappa shape index (κ3) is 4.48. The molecule has 0 bridgehead atoms. The summed E-state index contributed by atoms with van der Waals surface area (Å²) in [6.45, 7) is 2.71. The van der Waals surface area contributed by atoms with Gasteiger partial charge in [0.1, 0.15) is 0 Å². The molecule has 0 rings (SSSR count). The SMILES string of the molecule is CCC[O][Cu]. The van der Waals surface area contributed by atoms with Crippen LogP contribution in [0.25, 0.3) is 0 Å². The van der Waals surface area contributed by atoms with Gasteiger partial charge in [0, 0.05) is 0 Å². The van der Waals surface area contributed by atoms with E-state index in [4.69, 9.17) is 0 Å². The summed E-state index contributed by atoms with van der Waals surface area (Å²) in [6, 6.07) is 0. The first kappa shape index (κ1) is 5.48. The maximum absolute atomic E-state index is 4.27. The molecule has 0 atom stereocenters. The van der Waals surface area contributed by atoms with E-state index in [2.05, 4.69) is 20.2 Å². The summed E-state index contributed by atoms with van der Waals surface area (Å²) in [7, 11) is 0. The predicted octanol–water partition coefficient (Wildman–Crippen LogP) is 0.875. The Bertz CT molecular complexity index is 14.4. The van der Waals surface area contributed by atoms with Gasteiger partial charge < -0.3 is 0 Å². The molecule has 0 aliphatic heterocycles. The van der Waals surface area contributed by atoms with Crippen LogP contribution < -0.4 is 0 Å². The van der Waals surface area contributed by atoms with Crippen LogP contribution in [0.3, 0.4) is 0 Å². The van der Waals surface area contributed by atoms with Crippen LogP contribution in [0.5, 0.6) is 0 Å². The number of hydrogen-bond donors (Lipinski definition) is 0. The van der Waals surface area contributed by atoms with E-state index in [1.165, 1.54) is 0 Å². The zero-order valence-corrected chi connectivity index (χ0v) is 4.07. The number of rotatable bonds is 2. The molecule has 0 radical (unpaired) electrons. The molecule has 0 aliphatic rings. The molecule has 0 spiro atoms. The fourth-order valence-corrected chi connectivity index (χ4v) is 0.254. The van der Waals surface area contributed by atoms with Gasteiger partial charge in [-0.2, -0.15) is 0 Å². The first-order chi connectivity index (χ1) is 2.41. The zero-order chi connectivity index (χ0) is 4.12. The van der Waals surface area contributed by atoms with Crippen LogP contribution in [-0.2, 0) is 20.2 Å².